The number of ketones is 1. The van der Waals surface area contributed by atoms with Crippen LogP contribution in [0.2, 0.25) is 0 Å². The largest absolute Gasteiger partial charge is 0.444 e. The van der Waals surface area contributed by atoms with Crippen molar-refractivity contribution < 1.29 is 14.3 Å². The van der Waals surface area contributed by atoms with E-state index >= 15 is 0 Å². The molecule has 0 saturated carbocycles. The second-order valence-corrected chi connectivity index (χ2v) is 5.08. The van der Waals surface area contributed by atoms with E-state index in [4.69, 9.17) is 4.74 Å². The van der Waals surface area contributed by atoms with E-state index in [1.165, 1.54) is 4.68 Å². The van der Waals surface area contributed by atoms with Crippen LogP contribution in [0.25, 0.3) is 0 Å². The number of hydrogen-bond acceptors (Lipinski definition) is 4. The molecule has 1 heterocycles. The summed E-state index contributed by atoms with van der Waals surface area (Å²) in [5.74, 6) is -0.196. The molecule has 18 heavy (non-hydrogen) atoms. The molecule has 0 unspecified atom stereocenters. The van der Waals surface area contributed by atoms with Crippen LogP contribution in [0, 0.1) is 6.92 Å². The van der Waals surface area contributed by atoms with Crippen molar-refractivity contribution >= 4 is 11.9 Å². The van der Waals surface area contributed by atoms with Crippen molar-refractivity contribution in [2.75, 3.05) is 6.54 Å². The van der Waals surface area contributed by atoms with Crippen LogP contribution >= 0.6 is 0 Å². The second-order valence-electron chi connectivity index (χ2n) is 5.08. The van der Waals surface area contributed by atoms with E-state index in [2.05, 4.69) is 10.4 Å². The number of carbonyl (C=O) groups is 2. The molecule has 0 bridgehead atoms. The molecular formula is C12H19N3O3. The molecule has 0 saturated heterocycles. The van der Waals surface area contributed by atoms with Crippen LogP contribution in [-0.2, 0) is 11.8 Å². The van der Waals surface area contributed by atoms with Crippen molar-refractivity contribution in [1.82, 2.24) is 15.1 Å². The Balaban J connectivity index is 2.55. The molecule has 0 aliphatic carbocycles. The zero-order valence-corrected chi connectivity index (χ0v) is 11.4. The highest BCUT2D eigenvalue weighted by Crippen LogP contribution is 2.08. The monoisotopic (exact) mass is 253 g/mol. The van der Waals surface area contributed by atoms with Gasteiger partial charge in [-0.3, -0.25) is 9.48 Å². The minimum atomic E-state index is -0.601. The first-order chi connectivity index (χ1) is 8.20. The summed E-state index contributed by atoms with van der Waals surface area (Å²) < 4.78 is 6.54. The van der Waals surface area contributed by atoms with Crippen LogP contribution in [-0.4, -0.2) is 33.8 Å². The third-order valence-corrected chi connectivity index (χ3v) is 2.18. The maximum Gasteiger partial charge on any atom is 0.408 e. The summed E-state index contributed by atoms with van der Waals surface area (Å²) in [6.07, 6.45) is 1.01. The van der Waals surface area contributed by atoms with Gasteiger partial charge >= 0.3 is 6.09 Å². The van der Waals surface area contributed by atoms with Crippen molar-refractivity contribution in [1.29, 1.82) is 0 Å². The fraction of sp³-hybridized carbons (Fsp3) is 0.583. The standard InChI is InChI=1S/C12H19N3O3/c1-8-6-14-15(5)10(8)9(16)7-13-11(17)18-12(2,3)4/h6H,7H2,1-5H3,(H,13,17). The van der Waals surface area contributed by atoms with Crippen molar-refractivity contribution in [3.05, 3.63) is 17.5 Å². The molecule has 1 aromatic heterocycles. The fourth-order valence-corrected chi connectivity index (χ4v) is 1.50. The Morgan fingerprint density at radius 3 is 2.50 bits per heavy atom. The van der Waals surface area contributed by atoms with Crippen molar-refractivity contribution in [2.24, 2.45) is 7.05 Å². The molecule has 0 fully saturated rings. The first-order valence-electron chi connectivity index (χ1n) is 5.69. The number of aromatic nitrogens is 2. The molecule has 1 aromatic rings. The van der Waals surface area contributed by atoms with Crippen LogP contribution in [0.15, 0.2) is 6.20 Å². The predicted octanol–water partition coefficient (Wildman–Crippen LogP) is 1.44. The lowest BCUT2D eigenvalue weighted by molar-refractivity contribution is 0.0520. The van der Waals surface area contributed by atoms with Gasteiger partial charge in [-0.15, -0.1) is 0 Å². The predicted molar refractivity (Wildman–Crippen MR) is 66.5 cm³/mol. The van der Waals surface area contributed by atoms with E-state index in [1.807, 2.05) is 0 Å². The second kappa shape index (κ2) is 5.20. The Morgan fingerprint density at radius 1 is 1.44 bits per heavy atom. The van der Waals surface area contributed by atoms with E-state index in [0.717, 1.165) is 5.56 Å². The lowest BCUT2D eigenvalue weighted by atomic mass is 10.2. The molecule has 6 heteroatoms. The van der Waals surface area contributed by atoms with E-state index < -0.39 is 11.7 Å². The van der Waals surface area contributed by atoms with Crippen molar-refractivity contribution in [2.45, 2.75) is 33.3 Å². The summed E-state index contributed by atoms with van der Waals surface area (Å²) in [4.78, 5) is 23.3. The highest BCUT2D eigenvalue weighted by Gasteiger charge is 2.18. The van der Waals surface area contributed by atoms with Gasteiger partial charge in [0.15, 0.2) is 5.78 Å². The van der Waals surface area contributed by atoms with Crippen LogP contribution in [0.1, 0.15) is 36.8 Å². The smallest absolute Gasteiger partial charge is 0.408 e. The molecule has 0 aromatic carbocycles. The minimum Gasteiger partial charge on any atom is -0.444 e. The number of nitrogens with zero attached hydrogens (tertiary/aromatic N) is 2. The summed E-state index contributed by atoms with van der Waals surface area (Å²) in [7, 11) is 1.69. The Kier molecular flexibility index (Phi) is 4.11. The lowest BCUT2D eigenvalue weighted by Gasteiger charge is -2.19. The van der Waals surface area contributed by atoms with E-state index in [9.17, 15) is 9.59 Å². The molecule has 1 amide bonds. The Morgan fingerprint density at radius 2 is 2.06 bits per heavy atom. The molecule has 1 rings (SSSR count). The quantitative estimate of drug-likeness (QED) is 0.827. The van der Waals surface area contributed by atoms with E-state index in [1.54, 1.807) is 40.9 Å². The molecule has 0 atom stereocenters. The molecule has 0 spiro atoms. The SMILES string of the molecule is Cc1cnn(C)c1C(=O)CNC(=O)OC(C)(C)C. The number of carbonyl (C=O) groups excluding carboxylic acids is 2. The molecule has 0 radical (unpaired) electrons. The minimum absolute atomic E-state index is 0.102. The summed E-state index contributed by atoms with van der Waals surface area (Å²) in [5, 5.41) is 6.41. The van der Waals surface area contributed by atoms with Crippen molar-refractivity contribution in [3.63, 3.8) is 0 Å². The van der Waals surface area contributed by atoms with Gasteiger partial charge < -0.3 is 10.1 Å². The topological polar surface area (TPSA) is 73.2 Å². The van der Waals surface area contributed by atoms with Gasteiger partial charge in [-0.25, -0.2) is 4.79 Å². The fourth-order valence-electron chi connectivity index (χ4n) is 1.50. The summed E-state index contributed by atoms with van der Waals surface area (Å²) in [5.41, 5.74) is 0.704. The van der Waals surface area contributed by atoms with Crippen molar-refractivity contribution in [3.8, 4) is 0 Å². The van der Waals surface area contributed by atoms with Gasteiger partial charge in [-0.1, -0.05) is 0 Å². The normalized spacial score (nSPS) is 11.2. The molecule has 100 valence electrons. The molecular weight excluding hydrogens is 234 g/mol. The number of rotatable bonds is 3. The van der Waals surface area contributed by atoms with Gasteiger partial charge in [0, 0.05) is 7.05 Å². The van der Waals surface area contributed by atoms with Gasteiger partial charge in [0.25, 0.3) is 0 Å². The van der Waals surface area contributed by atoms with Gasteiger partial charge in [-0.2, -0.15) is 5.10 Å². The van der Waals surface area contributed by atoms with Crippen LogP contribution < -0.4 is 5.32 Å². The number of aryl methyl sites for hydroxylation is 2. The third kappa shape index (κ3) is 3.87. The highest BCUT2D eigenvalue weighted by atomic mass is 16.6. The number of amides is 1. The van der Waals surface area contributed by atoms with Gasteiger partial charge in [0.05, 0.1) is 12.7 Å². The van der Waals surface area contributed by atoms with Gasteiger partial charge in [0.2, 0.25) is 0 Å². The first-order valence-corrected chi connectivity index (χ1v) is 5.69. The number of hydrogen-bond donors (Lipinski definition) is 1. The molecule has 0 aliphatic rings. The summed E-state index contributed by atoms with van der Waals surface area (Å²) in [6.45, 7) is 6.99. The number of ether oxygens (including phenoxy) is 1. The Hall–Kier alpha value is -1.85. The maximum absolute atomic E-state index is 11.9. The van der Waals surface area contributed by atoms with Crippen LogP contribution in [0.4, 0.5) is 4.79 Å². The third-order valence-electron chi connectivity index (χ3n) is 2.18. The summed E-state index contributed by atoms with van der Waals surface area (Å²) >= 11 is 0. The zero-order chi connectivity index (χ0) is 13.9. The van der Waals surface area contributed by atoms with E-state index in [0.29, 0.717) is 5.69 Å². The maximum atomic E-state index is 11.9. The average molecular weight is 253 g/mol. The number of nitrogens with one attached hydrogen (secondary N) is 1. The lowest BCUT2D eigenvalue weighted by Crippen LogP contribution is -2.36. The zero-order valence-electron chi connectivity index (χ0n) is 11.4. The Bertz CT molecular complexity index is 438. The Labute approximate surface area is 106 Å². The van der Waals surface area contributed by atoms with Gasteiger partial charge in [-0.05, 0) is 33.3 Å². The molecule has 0 aliphatic heterocycles. The van der Waals surface area contributed by atoms with Crippen LogP contribution in [0.5, 0.6) is 0 Å². The molecule has 1 N–H and O–H groups in total. The average Bonchev–Trinajstić information content (AvgIpc) is 2.53. The molecule has 6 nitrogen and oxygen atoms in total. The number of Topliss-reactive ketones (excluding diaryl/α,β-unsaturated/α-hetero) is 1. The summed E-state index contributed by atoms with van der Waals surface area (Å²) in [6, 6.07) is 0. The van der Waals surface area contributed by atoms with E-state index in [-0.39, 0.29) is 12.3 Å². The van der Waals surface area contributed by atoms with Gasteiger partial charge in [0.1, 0.15) is 11.3 Å². The highest BCUT2D eigenvalue weighted by molar-refractivity contribution is 5.98. The van der Waals surface area contributed by atoms with Crippen LogP contribution in [0.3, 0.4) is 0 Å². The first kappa shape index (κ1) is 14.2. The number of alkyl carbamates (subject to hydrolysis) is 1.